The van der Waals surface area contributed by atoms with Gasteiger partial charge in [0.05, 0.1) is 13.7 Å². The lowest BCUT2D eigenvalue weighted by atomic mass is 9.94. The fourth-order valence-electron chi connectivity index (χ4n) is 2.31. The Kier molecular flexibility index (Phi) is 8.09. The number of carbonyl (C=O) groups is 2. The molecule has 0 saturated heterocycles. The van der Waals surface area contributed by atoms with E-state index in [1.54, 1.807) is 31.4 Å². The quantitative estimate of drug-likeness (QED) is 0.389. The summed E-state index contributed by atoms with van der Waals surface area (Å²) in [5.41, 5.74) is 1.32. The molecule has 0 fully saturated rings. The Morgan fingerprint density at radius 2 is 1.74 bits per heavy atom. The van der Waals surface area contributed by atoms with E-state index in [9.17, 15) is 9.59 Å². The van der Waals surface area contributed by atoms with Crippen LogP contribution in [0.4, 0.5) is 0 Å². The second kappa shape index (κ2) is 9.82. The lowest BCUT2D eigenvalue weighted by molar-refractivity contribution is -0.140. The average Bonchev–Trinajstić information content (AvgIpc) is 2.57. The van der Waals surface area contributed by atoms with E-state index in [4.69, 9.17) is 9.47 Å². The highest BCUT2D eigenvalue weighted by Gasteiger charge is 2.15. The van der Waals surface area contributed by atoms with Crippen LogP contribution in [0.25, 0.3) is 0 Å². The number of esters is 1. The molecule has 0 heterocycles. The summed E-state index contributed by atoms with van der Waals surface area (Å²) in [5, 5.41) is 0. The van der Waals surface area contributed by atoms with Gasteiger partial charge in [0, 0.05) is 18.9 Å². The number of hydrogen-bond acceptors (Lipinski definition) is 4. The van der Waals surface area contributed by atoms with Crippen molar-refractivity contribution in [2.24, 2.45) is 5.92 Å². The van der Waals surface area contributed by atoms with Crippen LogP contribution in [-0.2, 0) is 9.53 Å². The molecule has 126 valence electrons. The number of ketones is 1. The van der Waals surface area contributed by atoms with Gasteiger partial charge >= 0.3 is 5.97 Å². The normalized spacial score (nSPS) is 11.4. The zero-order valence-electron chi connectivity index (χ0n) is 14.4. The minimum Gasteiger partial charge on any atom is -0.497 e. The van der Waals surface area contributed by atoms with Crippen molar-refractivity contribution in [1.82, 2.24) is 0 Å². The number of rotatable bonds is 9. The lowest BCUT2D eigenvalue weighted by Gasteiger charge is -2.12. The molecule has 4 nitrogen and oxygen atoms in total. The van der Waals surface area contributed by atoms with Crippen LogP contribution in [0.5, 0.6) is 5.75 Å². The third-order valence-corrected chi connectivity index (χ3v) is 3.81. The molecular weight excluding hydrogens is 292 g/mol. The molecule has 0 amide bonds. The number of benzene rings is 1. The summed E-state index contributed by atoms with van der Waals surface area (Å²) < 4.78 is 10.1. The Morgan fingerprint density at radius 3 is 2.22 bits per heavy atom. The number of carbonyl (C=O) groups excluding carboxylic acids is 2. The molecule has 1 aromatic rings. The smallest absolute Gasteiger partial charge is 0.302 e. The number of allylic oxidation sites excluding steroid dienone is 1. The molecule has 1 rings (SSSR count). The molecule has 1 aromatic carbocycles. The van der Waals surface area contributed by atoms with Crippen molar-refractivity contribution in [2.75, 3.05) is 13.7 Å². The Balaban J connectivity index is 2.95. The van der Waals surface area contributed by atoms with E-state index in [-0.39, 0.29) is 18.4 Å². The van der Waals surface area contributed by atoms with Crippen molar-refractivity contribution in [2.45, 2.75) is 40.0 Å². The topological polar surface area (TPSA) is 52.6 Å². The highest BCUT2D eigenvalue weighted by Crippen LogP contribution is 2.20. The maximum absolute atomic E-state index is 12.7. The first-order chi connectivity index (χ1) is 11.0. The largest absolute Gasteiger partial charge is 0.497 e. The molecule has 0 spiro atoms. The lowest BCUT2D eigenvalue weighted by Crippen LogP contribution is -2.10. The molecule has 0 bridgehead atoms. The van der Waals surface area contributed by atoms with Crippen LogP contribution in [-0.4, -0.2) is 25.5 Å². The van der Waals surface area contributed by atoms with E-state index in [0.717, 1.165) is 12.8 Å². The summed E-state index contributed by atoms with van der Waals surface area (Å²) in [5.74, 6) is 0.715. The van der Waals surface area contributed by atoms with E-state index >= 15 is 0 Å². The predicted octanol–water partition coefficient (Wildman–Crippen LogP) is 4.19. The summed E-state index contributed by atoms with van der Waals surface area (Å²) in [6.07, 6.45) is 4.41. The Hall–Kier alpha value is -2.10. The molecule has 0 unspecified atom stereocenters. The van der Waals surface area contributed by atoms with Crippen LogP contribution < -0.4 is 4.74 Å². The highest BCUT2D eigenvalue weighted by molar-refractivity contribution is 6.08. The summed E-state index contributed by atoms with van der Waals surface area (Å²) >= 11 is 0. The van der Waals surface area contributed by atoms with Crippen LogP contribution in [0.15, 0.2) is 35.9 Å². The van der Waals surface area contributed by atoms with Gasteiger partial charge in [0.15, 0.2) is 5.78 Å². The number of hydrogen-bond donors (Lipinski definition) is 0. The van der Waals surface area contributed by atoms with E-state index in [1.165, 1.54) is 6.92 Å². The second-order valence-electron chi connectivity index (χ2n) is 5.42. The van der Waals surface area contributed by atoms with Gasteiger partial charge in [-0.05, 0) is 48.6 Å². The van der Waals surface area contributed by atoms with Gasteiger partial charge in [-0.3, -0.25) is 9.59 Å². The number of ether oxygens (including phenoxy) is 2. The van der Waals surface area contributed by atoms with E-state index in [1.807, 2.05) is 6.08 Å². The molecule has 23 heavy (non-hydrogen) atoms. The van der Waals surface area contributed by atoms with Gasteiger partial charge in [-0.1, -0.05) is 19.9 Å². The average molecular weight is 318 g/mol. The minimum atomic E-state index is -0.330. The molecule has 0 atom stereocenters. The van der Waals surface area contributed by atoms with Crippen LogP contribution >= 0.6 is 0 Å². The fourth-order valence-corrected chi connectivity index (χ4v) is 2.31. The molecule has 0 aliphatic carbocycles. The number of methoxy groups -OCH3 is 1. The minimum absolute atomic E-state index is 0.0216. The predicted molar refractivity (Wildman–Crippen MR) is 90.7 cm³/mol. The van der Waals surface area contributed by atoms with Gasteiger partial charge in [0.1, 0.15) is 5.75 Å². The Labute approximate surface area is 138 Å². The van der Waals surface area contributed by atoms with Crippen LogP contribution in [0.3, 0.4) is 0 Å². The molecule has 0 aliphatic heterocycles. The van der Waals surface area contributed by atoms with Crippen LogP contribution in [0.2, 0.25) is 0 Å². The van der Waals surface area contributed by atoms with E-state index in [0.29, 0.717) is 29.2 Å². The first kappa shape index (κ1) is 18.9. The van der Waals surface area contributed by atoms with Crippen molar-refractivity contribution in [1.29, 1.82) is 0 Å². The summed E-state index contributed by atoms with van der Waals surface area (Å²) in [6, 6.07) is 7.06. The molecule has 4 heteroatoms. The summed E-state index contributed by atoms with van der Waals surface area (Å²) in [7, 11) is 1.59. The van der Waals surface area contributed by atoms with Gasteiger partial charge in [-0.2, -0.15) is 0 Å². The van der Waals surface area contributed by atoms with Crippen molar-refractivity contribution >= 4 is 11.8 Å². The first-order valence-electron chi connectivity index (χ1n) is 8.04. The zero-order chi connectivity index (χ0) is 17.2. The van der Waals surface area contributed by atoms with Crippen LogP contribution in [0, 0.1) is 5.92 Å². The zero-order valence-corrected chi connectivity index (χ0v) is 14.4. The fraction of sp³-hybridized carbons (Fsp3) is 0.474. The van der Waals surface area contributed by atoms with Gasteiger partial charge in [0.25, 0.3) is 0 Å². The standard InChI is InChI=1S/C19H26O4/c1-5-15(6-2)13-17(11-12-23-14(3)20)19(21)16-7-9-18(22-4)10-8-16/h7-10,13,15H,5-6,11-12H2,1-4H3/b17-13+. The molecule has 0 aliphatic rings. The maximum atomic E-state index is 12.7. The van der Waals surface area contributed by atoms with E-state index in [2.05, 4.69) is 13.8 Å². The third kappa shape index (κ3) is 6.27. The van der Waals surface area contributed by atoms with Crippen LogP contribution in [0.1, 0.15) is 50.4 Å². The van der Waals surface area contributed by atoms with Crippen molar-refractivity contribution in [3.8, 4) is 5.75 Å². The Bertz CT molecular complexity index is 539. The van der Waals surface area contributed by atoms with Gasteiger partial charge in [-0.25, -0.2) is 0 Å². The maximum Gasteiger partial charge on any atom is 0.302 e. The van der Waals surface area contributed by atoms with E-state index < -0.39 is 0 Å². The van der Waals surface area contributed by atoms with Crippen molar-refractivity contribution in [3.63, 3.8) is 0 Å². The number of Topliss-reactive ketones (excluding diaryl/α,β-unsaturated/α-hetero) is 1. The van der Waals surface area contributed by atoms with Crippen molar-refractivity contribution < 1.29 is 19.1 Å². The molecule has 0 aromatic heterocycles. The van der Waals surface area contributed by atoms with Crippen molar-refractivity contribution in [3.05, 3.63) is 41.5 Å². The SMILES string of the molecule is CCC(/C=C(\CCOC(C)=O)C(=O)c1ccc(OC)cc1)CC. The Morgan fingerprint density at radius 1 is 1.13 bits per heavy atom. The van der Waals surface area contributed by atoms with Gasteiger partial charge < -0.3 is 9.47 Å². The highest BCUT2D eigenvalue weighted by atomic mass is 16.5. The molecule has 0 radical (unpaired) electrons. The third-order valence-electron chi connectivity index (χ3n) is 3.81. The first-order valence-corrected chi connectivity index (χ1v) is 8.04. The second-order valence-corrected chi connectivity index (χ2v) is 5.42. The monoisotopic (exact) mass is 318 g/mol. The molecule has 0 saturated carbocycles. The molecular formula is C19H26O4. The molecule has 0 N–H and O–H groups in total. The summed E-state index contributed by atoms with van der Waals surface area (Å²) in [4.78, 5) is 23.7. The summed E-state index contributed by atoms with van der Waals surface area (Å²) in [6.45, 7) is 5.80. The van der Waals surface area contributed by atoms with Gasteiger partial charge in [0.2, 0.25) is 0 Å². The van der Waals surface area contributed by atoms with Gasteiger partial charge in [-0.15, -0.1) is 0 Å².